The number of piperazine rings is 1. The van der Waals surface area contributed by atoms with E-state index in [1.54, 1.807) is 18.2 Å². The van der Waals surface area contributed by atoms with Crippen molar-refractivity contribution in [3.8, 4) is 0 Å². The van der Waals surface area contributed by atoms with E-state index in [1.807, 2.05) is 0 Å². The predicted octanol–water partition coefficient (Wildman–Crippen LogP) is -1.19. The van der Waals surface area contributed by atoms with Gasteiger partial charge < -0.3 is 16.4 Å². The van der Waals surface area contributed by atoms with Gasteiger partial charge in [-0.25, -0.2) is 0 Å². The fourth-order valence-corrected chi connectivity index (χ4v) is 1.78. The minimum atomic E-state index is -0.610. The number of hydrogen-bond acceptors (Lipinski definition) is 4. The predicted molar refractivity (Wildman–Crippen MR) is 68.4 cm³/mol. The van der Waals surface area contributed by atoms with Crippen molar-refractivity contribution in [2.24, 2.45) is 5.73 Å². The molecule has 0 aliphatic carbocycles. The van der Waals surface area contributed by atoms with Crippen LogP contribution in [0.15, 0.2) is 24.3 Å². The molecule has 3 amide bonds. The minimum Gasteiger partial charge on any atom is -0.366 e. The van der Waals surface area contributed by atoms with Crippen LogP contribution < -0.4 is 21.7 Å². The lowest BCUT2D eigenvalue weighted by Crippen LogP contribution is -2.56. The first-order chi connectivity index (χ1) is 9.08. The number of nitrogens with two attached hydrogens (primary N) is 1. The highest BCUT2D eigenvalue weighted by Crippen LogP contribution is 2.14. The maximum atomic E-state index is 12.0. The van der Waals surface area contributed by atoms with Crippen molar-refractivity contribution in [2.75, 3.05) is 18.4 Å². The van der Waals surface area contributed by atoms with Gasteiger partial charge in [-0.3, -0.25) is 19.7 Å². The third-order valence-corrected chi connectivity index (χ3v) is 2.78. The van der Waals surface area contributed by atoms with Crippen LogP contribution in [0.25, 0.3) is 0 Å². The summed E-state index contributed by atoms with van der Waals surface area (Å²) in [6.07, 6.45) is 0. The van der Waals surface area contributed by atoms with Gasteiger partial charge >= 0.3 is 0 Å². The Labute approximate surface area is 109 Å². The van der Waals surface area contributed by atoms with Gasteiger partial charge in [0.25, 0.3) is 5.91 Å². The lowest BCUT2D eigenvalue weighted by Gasteiger charge is -2.23. The molecule has 0 bridgehead atoms. The molecule has 5 N–H and O–H groups in total. The number of carbonyl (C=O) groups is 3. The number of primary amides is 1. The molecule has 0 saturated carbocycles. The molecule has 2 rings (SSSR count). The molecule has 1 aliphatic heterocycles. The Bertz CT molecular complexity index is 519. The fraction of sp³-hybridized carbons (Fsp3) is 0.250. The van der Waals surface area contributed by atoms with Crippen LogP contribution in [-0.4, -0.2) is 36.9 Å². The van der Waals surface area contributed by atoms with E-state index >= 15 is 0 Å². The minimum absolute atomic E-state index is 0.0928. The highest BCUT2D eigenvalue weighted by atomic mass is 16.2. The Hall–Kier alpha value is -2.41. The van der Waals surface area contributed by atoms with Crippen LogP contribution >= 0.6 is 0 Å². The number of para-hydroxylation sites is 1. The van der Waals surface area contributed by atoms with E-state index in [4.69, 9.17) is 5.73 Å². The third kappa shape index (κ3) is 3.08. The first-order valence-corrected chi connectivity index (χ1v) is 5.77. The van der Waals surface area contributed by atoms with Crippen LogP contribution in [0.4, 0.5) is 5.69 Å². The van der Waals surface area contributed by atoms with E-state index in [0.29, 0.717) is 5.69 Å². The summed E-state index contributed by atoms with van der Waals surface area (Å²) >= 11 is 0. The first kappa shape index (κ1) is 13.0. The Morgan fingerprint density at radius 1 is 1.32 bits per heavy atom. The molecular weight excluding hydrogens is 248 g/mol. The Morgan fingerprint density at radius 2 is 2.05 bits per heavy atom. The number of carbonyl (C=O) groups excluding carboxylic acids is 3. The molecule has 1 unspecified atom stereocenters. The van der Waals surface area contributed by atoms with Crippen LogP contribution in [0.3, 0.4) is 0 Å². The maximum Gasteiger partial charge on any atom is 0.250 e. The van der Waals surface area contributed by atoms with Gasteiger partial charge in [-0.15, -0.1) is 0 Å². The molecule has 7 nitrogen and oxygen atoms in total. The average molecular weight is 262 g/mol. The summed E-state index contributed by atoms with van der Waals surface area (Å²) < 4.78 is 0. The number of amides is 3. The number of benzene rings is 1. The van der Waals surface area contributed by atoms with Gasteiger partial charge in [-0.1, -0.05) is 12.1 Å². The van der Waals surface area contributed by atoms with Crippen LogP contribution in [0.1, 0.15) is 10.4 Å². The standard InChI is InChI=1S/C12H14N4O3/c13-11(18)7-3-1-2-4-8(7)16-12(19)9-5-15-10(17)6-14-9/h1-4,9,14H,5-6H2,(H2,13,18)(H,15,17)(H,16,19). The summed E-state index contributed by atoms with van der Waals surface area (Å²) in [4.78, 5) is 34.2. The van der Waals surface area contributed by atoms with Gasteiger partial charge in [0.15, 0.2) is 0 Å². The second-order valence-corrected chi connectivity index (χ2v) is 4.14. The van der Waals surface area contributed by atoms with Crippen molar-refractivity contribution >= 4 is 23.4 Å². The third-order valence-electron chi connectivity index (χ3n) is 2.78. The molecule has 100 valence electrons. The molecule has 0 spiro atoms. The Balaban J connectivity index is 2.07. The molecule has 1 aromatic rings. The SMILES string of the molecule is NC(=O)c1ccccc1NC(=O)C1CNC(=O)CN1. The molecule has 1 saturated heterocycles. The molecule has 0 radical (unpaired) electrons. The van der Waals surface area contributed by atoms with Gasteiger partial charge in [-0.05, 0) is 12.1 Å². The Kier molecular flexibility index (Phi) is 3.76. The highest BCUT2D eigenvalue weighted by Gasteiger charge is 2.24. The van der Waals surface area contributed by atoms with Crippen molar-refractivity contribution in [3.05, 3.63) is 29.8 Å². The molecular formula is C12H14N4O3. The summed E-state index contributed by atoms with van der Waals surface area (Å²) in [5, 5.41) is 8.00. The van der Waals surface area contributed by atoms with E-state index < -0.39 is 11.9 Å². The number of nitrogens with one attached hydrogen (secondary N) is 3. The zero-order valence-corrected chi connectivity index (χ0v) is 10.1. The zero-order chi connectivity index (χ0) is 13.8. The lowest BCUT2D eigenvalue weighted by molar-refractivity contribution is -0.124. The van der Waals surface area contributed by atoms with E-state index in [1.165, 1.54) is 6.07 Å². The molecule has 1 atom stereocenters. The van der Waals surface area contributed by atoms with Gasteiger partial charge in [0.2, 0.25) is 11.8 Å². The normalized spacial score (nSPS) is 18.5. The number of anilines is 1. The molecule has 19 heavy (non-hydrogen) atoms. The van der Waals surface area contributed by atoms with Gasteiger partial charge in [-0.2, -0.15) is 0 Å². The van der Waals surface area contributed by atoms with Gasteiger partial charge in [0, 0.05) is 6.54 Å². The zero-order valence-electron chi connectivity index (χ0n) is 10.1. The van der Waals surface area contributed by atoms with Crippen molar-refractivity contribution in [1.29, 1.82) is 0 Å². The quantitative estimate of drug-likeness (QED) is 0.548. The summed E-state index contributed by atoms with van der Waals surface area (Å²) in [7, 11) is 0. The van der Waals surface area contributed by atoms with Crippen molar-refractivity contribution in [2.45, 2.75) is 6.04 Å². The average Bonchev–Trinajstić information content (AvgIpc) is 2.39. The van der Waals surface area contributed by atoms with E-state index in [9.17, 15) is 14.4 Å². The second-order valence-electron chi connectivity index (χ2n) is 4.14. The van der Waals surface area contributed by atoms with E-state index in [-0.39, 0.29) is 30.5 Å². The Morgan fingerprint density at radius 3 is 2.68 bits per heavy atom. The van der Waals surface area contributed by atoms with Crippen LogP contribution in [-0.2, 0) is 9.59 Å². The van der Waals surface area contributed by atoms with Crippen molar-refractivity contribution < 1.29 is 14.4 Å². The van der Waals surface area contributed by atoms with Crippen molar-refractivity contribution in [1.82, 2.24) is 10.6 Å². The summed E-state index contributed by atoms with van der Waals surface area (Å²) in [6, 6.07) is 5.96. The smallest absolute Gasteiger partial charge is 0.250 e. The molecule has 1 heterocycles. The molecule has 1 aromatic carbocycles. The van der Waals surface area contributed by atoms with Gasteiger partial charge in [0.05, 0.1) is 17.8 Å². The summed E-state index contributed by atoms with van der Waals surface area (Å²) in [5.74, 6) is -1.09. The monoisotopic (exact) mass is 262 g/mol. The first-order valence-electron chi connectivity index (χ1n) is 5.77. The van der Waals surface area contributed by atoms with Crippen LogP contribution in [0.5, 0.6) is 0 Å². The highest BCUT2D eigenvalue weighted by molar-refractivity contribution is 6.04. The fourth-order valence-electron chi connectivity index (χ4n) is 1.78. The molecule has 0 aromatic heterocycles. The lowest BCUT2D eigenvalue weighted by atomic mass is 10.1. The van der Waals surface area contributed by atoms with Crippen LogP contribution in [0.2, 0.25) is 0 Å². The van der Waals surface area contributed by atoms with Crippen LogP contribution in [0, 0.1) is 0 Å². The summed E-state index contributed by atoms with van der Waals surface area (Å²) in [6.45, 7) is 0.305. The van der Waals surface area contributed by atoms with Gasteiger partial charge in [0.1, 0.15) is 6.04 Å². The van der Waals surface area contributed by atoms with Crippen molar-refractivity contribution in [3.63, 3.8) is 0 Å². The largest absolute Gasteiger partial charge is 0.366 e. The number of hydrogen-bond donors (Lipinski definition) is 4. The molecule has 1 fully saturated rings. The number of rotatable bonds is 3. The van der Waals surface area contributed by atoms with E-state index in [0.717, 1.165) is 0 Å². The molecule has 7 heteroatoms. The topological polar surface area (TPSA) is 113 Å². The molecule has 1 aliphatic rings. The van der Waals surface area contributed by atoms with E-state index in [2.05, 4.69) is 16.0 Å². The maximum absolute atomic E-state index is 12.0. The second kappa shape index (κ2) is 5.49. The summed E-state index contributed by atoms with van der Waals surface area (Å²) in [5.41, 5.74) is 5.83.